The Morgan fingerprint density at radius 2 is 2.13 bits per heavy atom. The second-order valence-electron chi connectivity index (χ2n) is 3.20. The van der Waals surface area contributed by atoms with Crippen molar-refractivity contribution in [3.05, 3.63) is 23.7 Å². The molecule has 0 radical (unpaired) electrons. The fourth-order valence-electron chi connectivity index (χ4n) is 1.23. The SMILES string of the molecule is CCOCCOCc1cc(CNC)co1. The first-order valence-electron chi connectivity index (χ1n) is 5.23. The standard InChI is InChI=1S/C11H19NO3/c1-3-13-4-5-14-9-11-6-10(7-12-2)8-15-11/h6,8,12H,3-5,7,9H2,1-2H3. The lowest BCUT2D eigenvalue weighted by atomic mass is 10.3. The third-order valence-electron chi connectivity index (χ3n) is 1.91. The van der Waals surface area contributed by atoms with E-state index in [0.29, 0.717) is 19.8 Å². The largest absolute Gasteiger partial charge is 0.467 e. The van der Waals surface area contributed by atoms with Crippen LogP contribution in [0.1, 0.15) is 18.2 Å². The van der Waals surface area contributed by atoms with E-state index in [1.807, 2.05) is 20.0 Å². The lowest BCUT2D eigenvalue weighted by Crippen LogP contribution is -2.04. The Kier molecular flexibility index (Phi) is 6.08. The van der Waals surface area contributed by atoms with Gasteiger partial charge in [0, 0.05) is 18.7 Å². The van der Waals surface area contributed by atoms with E-state index in [4.69, 9.17) is 13.9 Å². The molecular formula is C11H19NO3. The van der Waals surface area contributed by atoms with Gasteiger partial charge >= 0.3 is 0 Å². The molecule has 86 valence electrons. The van der Waals surface area contributed by atoms with E-state index in [1.165, 1.54) is 0 Å². The van der Waals surface area contributed by atoms with Crippen molar-refractivity contribution in [2.45, 2.75) is 20.1 Å². The zero-order valence-corrected chi connectivity index (χ0v) is 9.41. The Bertz CT molecular complexity index is 260. The summed E-state index contributed by atoms with van der Waals surface area (Å²) >= 11 is 0. The molecule has 0 unspecified atom stereocenters. The summed E-state index contributed by atoms with van der Waals surface area (Å²) in [6.07, 6.45) is 1.75. The highest BCUT2D eigenvalue weighted by Crippen LogP contribution is 2.08. The first-order valence-corrected chi connectivity index (χ1v) is 5.23. The fourth-order valence-corrected chi connectivity index (χ4v) is 1.23. The van der Waals surface area contributed by atoms with Gasteiger partial charge in [0.2, 0.25) is 0 Å². The predicted molar refractivity (Wildman–Crippen MR) is 57.6 cm³/mol. The van der Waals surface area contributed by atoms with Crippen LogP contribution in [0.5, 0.6) is 0 Å². The van der Waals surface area contributed by atoms with Crippen LogP contribution >= 0.6 is 0 Å². The molecule has 0 aliphatic carbocycles. The molecule has 0 saturated carbocycles. The summed E-state index contributed by atoms with van der Waals surface area (Å²) in [4.78, 5) is 0. The minimum absolute atomic E-state index is 0.511. The van der Waals surface area contributed by atoms with Crippen molar-refractivity contribution in [1.29, 1.82) is 0 Å². The molecule has 1 aromatic rings. The van der Waals surface area contributed by atoms with E-state index in [2.05, 4.69) is 5.32 Å². The molecule has 15 heavy (non-hydrogen) atoms. The maximum atomic E-state index is 5.37. The highest BCUT2D eigenvalue weighted by molar-refractivity contribution is 5.11. The topological polar surface area (TPSA) is 43.6 Å². The van der Waals surface area contributed by atoms with Crippen molar-refractivity contribution >= 4 is 0 Å². The van der Waals surface area contributed by atoms with Crippen molar-refractivity contribution in [2.75, 3.05) is 26.9 Å². The van der Waals surface area contributed by atoms with Crippen molar-refractivity contribution in [3.63, 3.8) is 0 Å². The van der Waals surface area contributed by atoms with E-state index in [1.54, 1.807) is 6.26 Å². The molecule has 0 aliphatic heterocycles. The molecule has 0 bridgehead atoms. The summed E-state index contributed by atoms with van der Waals surface area (Å²) in [7, 11) is 1.91. The third kappa shape index (κ3) is 4.97. The number of nitrogens with one attached hydrogen (secondary N) is 1. The molecule has 0 aliphatic rings. The van der Waals surface area contributed by atoms with E-state index in [-0.39, 0.29) is 0 Å². The van der Waals surface area contributed by atoms with Crippen molar-refractivity contribution < 1.29 is 13.9 Å². The van der Waals surface area contributed by atoms with Gasteiger partial charge in [-0.15, -0.1) is 0 Å². The van der Waals surface area contributed by atoms with Gasteiger partial charge in [-0.3, -0.25) is 0 Å². The Hall–Kier alpha value is -0.840. The van der Waals surface area contributed by atoms with Gasteiger partial charge in [-0.2, -0.15) is 0 Å². The molecule has 0 saturated heterocycles. The number of hydrogen-bond acceptors (Lipinski definition) is 4. The van der Waals surface area contributed by atoms with Gasteiger partial charge in [0.05, 0.1) is 19.5 Å². The highest BCUT2D eigenvalue weighted by atomic mass is 16.5. The molecule has 0 aromatic carbocycles. The van der Waals surface area contributed by atoms with E-state index in [9.17, 15) is 0 Å². The van der Waals surface area contributed by atoms with Crippen LogP contribution in [-0.2, 0) is 22.6 Å². The minimum Gasteiger partial charge on any atom is -0.467 e. The van der Waals surface area contributed by atoms with E-state index < -0.39 is 0 Å². The normalized spacial score (nSPS) is 10.8. The zero-order chi connectivity index (χ0) is 10.9. The van der Waals surface area contributed by atoms with Crippen LogP contribution in [0.3, 0.4) is 0 Å². The summed E-state index contributed by atoms with van der Waals surface area (Å²) in [5.74, 6) is 0.858. The summed E-state index contributed by atoms with van der Waals surface area (Å²) in [5, 5.41) is 3.06. The monoisotopic (exact) mass is 213 g/mol. The predicted octanol–water partition coefficient (Wildman–Crippen LogP) is 1.55. The van der Waals surface area contributed by atoms with Crippen molar-refractivity contribution in [1.82, 2.24) is 5.32 Å². The number of furan rings is 1. The number of ether oxygens (including phenoxy) is 2. The van der Waals surface area contributed by atoms with Crippen LogP contribution in [0.4, 0.5) is 0 Å². The summed E-state index contributed by atoms with van der Waals surface area (Å²) in [5.41, 5.74) is 1.14. The molecule has 4 heteroatoms. The quantitative estimate of drug-likeness (QED) is 0.665. The van der Waals surface area contributed by atoms with Crippen LogP contribution < -0.4 is 5.32 Å². The second-order valence-corrected chi connectivity index (χ2v) is 3.20. The third-order valence-corrected chi connectivity index (χ3v) is 1.91. The number of rotatable bonds is 8. The fraction of sp³-hybridized carbons (Fsp3) is 0.636. The van der Waals surface area contributed by atoms with Gasteiger partial charge in [0.25, 0.3) is 0 Å². The first kappa shape index (κ1) is 12.2. The van der Waals surface area contributed by atoms with Gasteiger partial charge < -0.3 is 19.2 Å². The minimum atomic E-state index is 0.511. The average molecular weight is 213 g/mol. The first-order chi connectivity index (χ1) is 7.36. The molecule has 0 atom stereocenters. The van der Waals surface area contributed by atoms with E-state index >= 15 is 0 Å². The molecule has 4 nitrogen and oxygen atoms in total. The summed E-state index contributed by atoms with van der Waals surface area (Å²) in [6, 6.07) is 2.00. The van der Waals surface area contributed by atoms with Crippen LogP contribution in [-0.4, -0.2) is 26.9 Å². The van der Waals surface area contributed by atoms with Crippen LogP contribution in [0.25, 0.3) is 0 Å². The van der Waals surface area contributed by atoms with Crippen molar-refractivity contribution in [2.24, 2.45) is 0 Å². The smallest absolute Gasteiger partial charge is 0.129 e. The highest BCUT2D eigenvalue weighted by Gasteiger charge is 2.00. The maximum Gasteiger partial charge on any atom is 0.129 e. The lowest BCUT2D eigenvalue weighted by Gasteiger charge is -2.01. The van der Waals surface area contributed by atoms with Crippen molar-refractivity contribution in [3.8, 4) is 0 Å². The Balaban J connectivity index is 2.14. The van der Waals surface area contributed by atoms with Gasteiger partial charge in [-0.05, 0) is 20.0 Å². The summed E-state index contributed by atoms with van der Waals surface area (Å²) in [6.45, 7) is 5.28. The Labute approximate surface area is 90.6 Å². The molecule has 0 amide bonds. The van der Waals surface area contributed by atoms with Gasteiger partial charge in [0.1, 0.15) is 12.4 Å². The van der Waals surface area contributed by atoms with Gasteiger partial charge in [0.15, 0.2) is 0 Å². The van der Waals surface area contributed by atoms with Gasteiger partial charge in [-0.25, -0.2) is 0 Å². The molecule has 0 fully saturated rings. The molecule has 1 rings (SSSR count). The zero-order valence-electron chi connectivity index (χ0n) is 9.41. The molecule has 1 N–H and O–H groups in total. The van der Waals surface area contributed by atoms with Gasteiger partial charge in [-0.1, -0.05) is 0 Å². The summed E-state index contributed by atoms with van der Waals surface area (Å²) < 4.78 is 15.8. The van der Waals surface area contributed by atoms with Crippen LogP contribution in [0, 0.1) is 0 Å². The molecule has 0 spiro atoms. The lowest BCUT2D eigenvalue weighted by molar-refractivity contribution is 0.0390. The van der Waals surface area contributed by atoms with E-state index in [0.717, 1.165) is 24.5 Å². The van der Waals surface area contributed by atoms with Crippen LogP contribution in [0.2, 0.25) is 0 Å². The van der Waals surface area contributed by atoms with Crippen LogP contribution in [0.15, 0.2) is 16.7 Å². The molecule has 1 aromatic heterocycles. The Morgan fingerprint density at radius 1 is 1.33 bits per heavy atom. The Morgan fingerprint density at radius 3 is 2.87 bits per heavy atom. The molecule has 1 heterocycles. The second kappa shape index (κ2) is 7.45. The average Bonchev–Trinajstić information content (AvgIpc) is 2.66. The molecular weight excluding hydrogens is 194 g/mol. The maximum absolute atomic E-state index is 5.37. The number of hydrogen-bond donors (Lipinski definition) is 1.